The Morgan fingerprint density at radius 2 is 1.87 bits per heavy atom. The predicted molar refractivity (Wildman–Crippen MR) is 147 cm³/mol. The van der Waals surface area contributed by atoms with Gasteiger partial charge in [-0.1, -0.05) is 18.2 Å². The Bertz CT molecular complexity index is 1600. The smallest absolute Gasteiger partial charge is 0.251 e. The Morgan fingerprint density at radius 1 is 1.05 bits per heavy atom. The van der Waals surface area contributed by atoms with Gasteiger partial charge in [0.2, 0.25) is 0 Å². The minimum Gasteiger partial charge on any atom is -0.490 e. The fourth-order valence-electron chi connectivity index (χ4n) is 5.25. The molecule has 1 saturated heterocycles. The number of likely N-dealkylation sites (tertiary alicyclic amines) is 1. The van der Waals surface area contributed by atoms with Crippen LogP contribution in [0.15, 0.2) is 71.8 Å². The van der Waals surface area contributed by atoms with Crippen molar-refractivity contribution in [2.24, 2.45) is 5.92 Å². The third-order valence-electron chi connectivity index (χ3n) is 7.54. The van der Waals surface area contributed by atoms with Crippen LogP contribution in [0.5, 0.6) is 11.5 Å². The fourth-order valence-corrected chi connectivity index (χ4v) is 5.25. The van der Waals surface area contributed by atoms with Gasteiger partial charge in [0.25, 0.3) is 5.56 Å². The third-order valence-corrected chi connectivity index (χ3v) is 7.54. The quantitative estimate of drug-likeness (QED) is 0.370. The van der Waals surface area contributed by atoms with E-state index in [4.69, 9.17) is 9.47 Å². The number of hydrogen-bond acceptors (Lipinski definition) is 7. The zero-order chi connectivity index (χ0) is 26.8. The summed E-state index contributed by atoms with van der Waals surface area (Å²) in [7, 11) is 2.16. The van der Waals surface area contributed by atoms with E-state index in [0.717, 1.165) is 53.9 Å². The summed E-state index contributed by atoms with van der Waals surface area (Å²) in [6, 6.07) is 18.8. The van der Waals surface area contributed by atoms with E-state index >= 15 is 0 Å². The highest BCUT2D eigenvalue weighted by Gasteiger charge is 2.22. The minimum atomic E-state index is -0.106. The lowest BCUT2D eigenvalue weighted by Crippen LogP contribution is -2.32. The molecule has 4 aromatic rings. The van der Waals surface area contributed by atoms with E-state index in [9.17, 15) is 10.1 Å². The molecule has 8 nitrogen and oxygen atoms in total. The van der Waals surface area contributed by atoms with Gasteiger partial charge >= 0.3 is 0 Å². The molecule has 2 aliphatic heterocycles. The van der Waals surface area contributed by atoms with Gasteiger partial charge in [0, 0.05) is 22.8 Å². The number of benzene rings is 2. The van der Waals surface area contributed by atoms with Crippen LogP contribution in [0.1, 0.15) is 29.7 Å². The van der Waals surface area contributed by atoms with Crippen molar-refractivity contribution in [1.29, 1.82) is 5.26 Å². The molecule has 2 aromatic heterocycles. The molecule has 0 N–H and O–H groups in total. The van der Waals surface area contributed by atoms with Crippen LogP contribution in [0, 0.1) is 17.2 Å². The third kappa shape index (κ3) is 5.27. The van der Waals surface area contributed by atoms with Gasteiger partial charge in [-0.2, -0.15) is 5.26 Å². The normalized spacial score (nSPS) is 15.1. The van der Waals surface area contributed by atoms with Gasteiger partial charge in [0.1, 0.15) is 12.4 Å². The molecule has 8 heteroatoms. The summed E-state index contributed by atoms with van der Waals surface area (Å²) in [4.78, 5) is 24.4. The topological polar surface area (TPSA) is 93.3 Å². The van der Waals surface area contributed by atoms with Crippen molar-refractivity contribution >= 4 is 0 Å². The number of pyridine rings is 1. The molecule has 2 aliphatic rings. The summed E-state index contributed by atoms with van der Waals surface area (Å²) < 4.78 is 13.6. The van der Waals surface area contributed by atoms with Crippen molar-refractivity contribution in [1.82, 2.24) is 19.4 Å². The Hall–Kier alpha value is -4.48. The number of aromatic nitrogens is 3. The summed E-state index contributed by atoms with van der Waals surface area (Å²) in [5, 5.41) is 9.34. The highest BCUT2D eigenvalue weighted by molar-refractivity contribution is 5.75. The fraction of sp³-hybridized carbons (Fsp3) is 0.290. The zero-order valence-electron chi connectivity index (χ0n) is 21.8. The molecule has 39 heavy (non-hydrogen) atoms. The number of fused-ring (bicyclic) bond motifs is 3. The number of rotatable bonds is 6. The van der Waals surface area contributed by atoms with Crippen molar-refractivity contribution in [3.63, 3.8) is 0 Å². The van der Waals surface area contributed by atoms with Crippen LogP contribution in [0.3, 0.4) is 0 Å². The molecule has 6 rings (SSSR count). The predicted octanol–water partition coefficient (Wildman–Crippen LogP) is 4.51. The molecule has 0 unspecified atom stereocenters. The Morgan fingerprint density at radius 3 is 2.67 bits per heavy atom. The number of nitrogens with zero attached hydrogens (tertiary/aromatic N) is 5. The summed E-state index contributed by atoms with van der Waals surface area (Å²) in [5.74, 6) is 2.56. The maximum Gasteiger partial charge on any atom is 0.251 e. The average Bonchev–Trinajstić information content (AvgIpc) is 2.98. The SMILES string of the molecule is CN1CCC(COc2cnc(-c3cccc(Cn4c5c(ccc4=O)-c4cc(C#N)ccc4OC5)c3)nc2)CC1. The Labute approximate surface area is 227 Å². The lowest BCUT2D eigenvalue weighted by atomic mass is 9.98. The highest BCUT2D eigenvalue weighted by atomic mass is 16.5. The van der Waals surface area contributed by atoms with Gasteiger partial charge < -0.3 is 18.9 Å². The van der Waals surface area contributed by atoms with Crippen molar-refractivity contribution in [2.45, 2.75) is 26.0 Å². The first-order valence-corrected chi connectivity index (χ1v) is 13.2. The Kier molecular flexibility index (Phi) is 6.82. The van der Waals surface area contributed by atoms with Crippen LogP contribution < -0.4 is 15.0 Å². The molecule has 196 valence electrons. The van der Waals surface area contributed by atoms with E-state index in [2.05, 4.69) is 28.0 Å². The van der Waals surface area contributed by atoms with Gasteiger partial charge in [0.15, 0.2) is 11.6 Å². The Balaban J connectivity index is 1.20. The standard InChI is InChI=1S/C31H29N5O3/c1-35-11-9-21(10-12-35)19-38-25-16-33-31(34-17-25)24-4-2-3-23(13-24)18-36-28-20-39-29-7-5-22(15-32)14-27(29)26(28)6-8-30(36)37/h2-8,13-14,16-17,21H,9-12,18-20H2,1H3. The van der Waals surface area contributed by atoms with Crippen LogP contribution in [0.4, 0.5) is 0 Å². The molecule has 0 amide bonds. The van der Waals surface area contributed by atoms with Crippen molar-refractivity contribution < 1.29 is 9.47 Å². The van der Waals surface area contributed by atoms with Crippen molar-refractivity contribution in [3.8, 4) is 40.1 Å². The first-order chi connectivity index (χ1) is 19.1. The van der Waals surface area contributed by atoms with Gasteiger partial charge in [-0.05, 0) is 74.8 Å². The summed E-state index contributed by atoms with van der Waals surface area (Å²) in [6.45, 7) is 3.57. The van der Waals surface area contributed by atoms with Gasteiger partial charge in [0.05, 0.1) is 42.9 Å². The molecule has 4 heterocycles. The lowest BCUT2D eigenvalue weighted by Gasteiger charge is -2.28. The minimum absolute atomic E-state index is 0.106. The summed E-state index contributed by atoms with van der Waals surface area (Å²) >= 11 is 0. The van der Waals surface area contributed by atoms with Crippen LogP contribution >= 0.6 is 0 Å². The monoisotopic (exact) mass is 519 g/mol. The van der Waals surface area contributed by atoms with E-state index in [1.54, 1.807) is 41.2 Å². The molecule has 0 bridgehead atoms. The molecular formula is C31H29N5O3. The van der Waals surface area contributed by atoms with E-state index in [1.165, 1.54) is 0 Å². The highest BCUT2D eigenvalue weighted by Crippen LogP contribution is 2.37. The van der Waals surface area contributed by atoms with Crippen LogP contribution in [-0.4, -0.2) is 46.2 Å². The molecule has 1 fully saturated rings. The molecule has 2 aromatic carbocycles. The van der Waals surface area contributed by atoms with Crippen LogP contribution in [-0.2, 0) is 13.2 Å². The van der Waals surface area contributed by atoms with Gasteiger partial charge in [-0.3, -0.25) is 4.79 Å². The van der Waals surface area contributed by atoms with Crippen LogP contribution in [0.2, 0.25) is 0 Å². The maximum atomic E-state index is 12.9. The number of nitriles is 1. The van der Waals surface area contributed by atoms with Gasteiger partial charge in [-0.25, -0.2) is 9.97 Å². The van der Waals surface area contributed by atoms with Crippen molar-refractivity contribution in [2.75, 3.05) is 26.7 Å². The van der Waals surface area contributed by atoms with Gasteiger partial charge in [-0.15, -0.1) is 0 Å². The number of hydrogen-bond donors (Lipinski definition) is 0. The van der Waals surface area contributed by atoms with E-state index < -0.39 is 0 Å². The van der Waals surface area contributed by atoms with E-state index in [-0.39, 0.29) is 12.2 Å². The second-order valence-corrected chi connectivity index (χ2v) is 10.2. The number of ether oxygens (including phenoxy) is 2. The summed E-state index contributed by atoms with van der Waals surface area (Å²) in [6.07, 6.45) is 5.75. The van der Waals surface area contributed by atoms with E-state index in [1.807, 2.05) is 30.3 Å². The second kappa shape index (κ2) is 10.7. The number of piperidine rings is 1. The largest absolute Gasteiger partial charge is 0.490 e. The average molecular weight is 520 g/mol. The van der Waals surface area contributed by atoms with Crippen molar-refractivity contribution in [3.05, 3.63) is 94.2 Å². The molecule has 0 aliphatic carbocycles. The zero-order valence-corrected chi connectivity index (χ0v) is 21.8. The van der Waals surface area contributed by atoms with Crippen LogP contribution in [0.25, 0.3) is 22.5 Å². The first kappa shape index (κ1) is 24.8. The molecule has 0 spiro atoms. The molecule has 0 radical (unpaired) electrons. The lowest BCUT2D eigenvalue weighted by molar-refractivity contribution is 0.159. The maximum absolute atomic E-state index is 12.9. The first-order valence-electron chi connectivity index (χ1n) is 13.2. The summed E-state index contributed by atoms with van der Waals surface area (Å²) in [5.41, 5.74) is 4.78. The molecule has 0 atom stereocenters. The second-order valence-electron chi connectivity index (χ2n) is 10.2. The van der Waals surface area contributed by atoms with E-state index in [0.29, 0.717) is 42.0 Å². The molecular weight excluding hydrogens is 490 g/mol. The molecule has 0 saturated carbocycles.